The minimum absolute atomic E-state index is 0.0288. The molecule has 2 saturated heterocycles. The number of hydrogen-bond donors (Lipinski definition) is 1. The standard InChI is InChI=1S/C25H25ClN4O3S/c1-13-6-14(26)7-20(19(13)8-15-10-27-4-5-33-15)22-23-21(28-12-29-22)9-16(34-23)11-30-24(31)17-2-3-18(17)25(30)32/h6-7,9,12,15,17-18,27H,2-5,8,10-11H2,1H3. The fourth-order valence-electron chi connectivity index (χ4n) is 5.32. The molecule has 2 amide bonds. The van der Waals surface area contributed by atoms with Crippen molar-refractivity contribution in [3.63, 3.8) is 0 Å². The minimum atomic E-state index is -0.106. The maximum Gasteiger partial charge on any atom is 0.233 e. The number of hydrogen-bond acceptors (Lipinski definition) is 7. The minimum Gasteiger partial charge on any atom is -0.375 e. The average Bonchev–Trinajstić information content (AvgIpc) is 3.27. The van der Waals surface area contributed by atoms with Gasteiger partial charge in [-0.3, -0.25) is 14.5 Å². The molecule has 1 N–H and O–H groups in total. The lowest BCUT2D eigenvalue weighted by molar-refractivity contribution is -0.140. The van der Waals surface area contributed by atoms with Gasteiger partial charge in [0.2, 0.25) is 11.8 Å². The molecule has 7 nitrogen and oxygen atoms in total. The quantitative estimate of drug-likeness (QED) is 0.542. The number of benzene rings is 1. The number of imide groups is 1. The third-order valence-electron chi connectivity index (χ3n) is 7.25. The molecule has 9 heteroatoms. The molecule has 1 aromatic carbocycles. The number of carbonyl (C=O) groups is 2. The van der Waals surface area contributed by atoms with E-state index < -0.39 is 0 Å². The first-order chi connectivity index (χ1) is 16.5. The van der Waals surface area contributed by atoms with Crippen LogP contribution in [-0.4, -0.2) is 52.5 Å². The Morgan fingerprint density at radius 1 is 1.18 bits per heavy atom. The predicted octanol–water partition coefficient (Wildman–Crippen LogP) is 3.75. The zero-order chi connectivity index (χ0) is 23.4. The Labute approximate surface area is 206 Å². The highest BCUT2D eigenvalue weighted by Gasteiger charge is 2.52. The number of carbonyl (C=O) groups excluding carboxylic acids is 2. The Balaban J connectivity index is 1.37. The molecule has 3 unspecified atom stereocenters. The fraction of sp³-hybridized carbons (Fsp3) is 0.440. The largest absolute Gasteiger partial charge is 0.375 e. The molecule has 2 aromatic heterocycles. The Hall–Kier alpha value is -2.39. The highest BCUT2D eigenvalue weighted by atomic mass is 35.5. The molecule has 0 bridgehead atoms. The van der Waals surface area contributed by atoms with Crippen LogP contribution in [0.4, 0.5) is 0 Å². The summed E-state index contributed by atoms with van der Waals surface area (Å²) in [5, 5.41) is 4.05. The third kappa shape index (κ3) is 3.73. The molecule has 3 atom stereocenters. The molecule has 6 rings (SSSR count). The van der Waals surface area contributed by atoms with Crippen LogP contribution in [0.25, 0.3) is 21.5 Å². The van der Waals surface area contributed by atoms with E-state index in [9.17, 15) is 9.59 Å². The third-order valence-corrected chi connectivity index (χ3v) is 8.58. The van der Waals surface area contributed by atoms with E-state index in [1.807, 2.05) is 18.2 Å². The molecule has 176 valence electrons. The number of aryl methyl sites for hydroxylation is 1. The van der Waals surface area contributed by atoms with Crippen LogP contribution in [0.1, 0.15) is 28.8 Å². The topological polar surface area (TPSA) is 84.4 Å². The summed E-state index contributed by atoms with van der Waals surface area (Å²) < 4.78 is 6.91. The van der Waals surface area contributed by atoms with E-state index in [1.54, 1.807) is 17.7 Å². The lowest BCUT2D eigenvalue weighted by Gasteiger charge is -2.25. The maximum atomic E-state index is 12.6. The van der Waals surface area contributed by atoms with Gasteiger partial charge in [0.25, 0.3) is 0 Å². The lowest BCUT2D eigenvalue weighted by Crippen LogP contribution is -2.39. The number of aromatic nitrogens is 2. The Kier molecular flexibility index (Phi) is 5.64. The van der Waals surface area contributed by atoms with Gasteiger partial charge in [0.15, 0.2) is 0 Å². The zero-order valence-electron chi connectivity index (χ0n) is 18.8. The second kappa shape index (κ2) is 8.68. The Bertz CT molecular complexity index is 1280. The van der Waals surface area contributed by atoms with Gasteiger partial charge in [-0.05, 0) is 49.1 Å². The van der Waals surface area contributed by atoms with E-state index in [-0.39, 0.29) is 29.8 Å². The van der Waals surface area contributed by atoms with Crippen molar-refractivity contribution in [2.24, 2.45) is 11.8 Å². The van der Waals surface area contributed by atoms with E-state index in [0.717, 1.165) is 69.8 Å². The average molecular weight is 497 g/mol. The van der Waals surface area contributed by atoms with Gasteiger partial charge in [0.05, 0.1) is 47.0 Å². The molecule has 0 radical (unpaired) electrons. The van der Waals surface area contributed by atoms with Gasteiger partial charge in [-0.25, -0.2) is 9.97 Å². The number of likely N-dealkylation sites (tertiary alicyclic amines) is 1. The monoisotopic (exact) mass is 496 g/mol. The number of thiophene rings is 1. The van der Waals surface area contributed by atoms with Crippen LogP contribution in [0.15, 0.2) is 24.5 Å². The second-order valence-corrected chi connectivity index (χ2v) is 10.9. The first kappa shape index (κ1) is 22.1. The van der Waals surface area contributed by atoms with Gasteiger partial charge in [0, 0.05) is 35.0 Å². The van der Waals surface area contributed by atoms with Gasteiger partial charge in [-0.2, -0.15) is 0 Å². The first-order valence-electron chi connectivity index (χ1n) is 11.7. The van der Waals surface area contributed by atoms with Crippen molar-refractivity contribution >= 4 is 45.0 Å². The van der Waals surface area contributed by atoms with Crippen molar-refractivity contribution in [2.75, 3.05) is 19.7 Å². The summed E-state index contributed by atoms with van der Waals surface area (Å²) >= 11 is 8.03. The summed E-state index contributed by atoms with van der Waals surface area (Å²) in [6, 6.07) is 5.91. The number of rotatable bonds is 5. The summed E-state index contributed by atoms with van der Waals surface area (Å²) in [6.07, 6.45) is 4.06. The Morgan fingerprint density at radius 2 is 1.97 bits per heavy atom. The summed E-state index contributed by atoms with van der Waals surface area (Å²) in [6.45, 7) is 4.75. The molecular formula is C25H25ClN4O3S. The van der Waals surface area contributed by atoms with Crippen LogP contribution < -0.4 is 5.32 Å². The molecule has 3 aliphatic rings. The normalized spacial score (nSPS) is 24.5. The van der Waals surface area contributed by atoms with Gasteiger partial charge in [-0.15, -0.1) is 11.3 Å². The molecular weight excluding hydrogens is 472 g/mol. The summed E-state index contributed by atoms with van der Waals surface area (Å²) in [7, 11) is 0. The van der Waals surface area contributed by atoms with Gasteiger partial charge in [-0.1, -0.05) is 11.6 Å². The molecule has 1 aliphatic carbocycles. The number of morpholine rings is 1. The number of ether oxygens (including phenoxy) is 1. The molecule has 3 fully saturated rings. The summed E-state index contributed by atoms with van der Waals surface area (Å²) in [5.41, 5.74) is 4.88. The molecule has 4 heterocycles. The van der Waals surface area contributed by atoms with Crippen LogP contribution >= 0.6 is 22.9 Å². The molecule has 3 aromatic rings. The second-order valence-electron chi connectivity index (χ2n) is 9.35. The van der Waals surface area contributed by atoms with E-state index in [1.165, 1.54) is 4.90 Å². The highest BCUT2D eigenvalue weighted by Crippen LogP contribution is 2.44. The van der Waals surface area contributed by atoms with Crippen molar-refractivity contribution in [2.45, 2.75) is 38.8 Å². The van der Waals surface area contributed by atoms with E-state index in [4.69, 9.17) is 16.3 Å². The van der Waals surface area contributed by atoms with Gasteiger partial charge < -0.3 is 10.1 Å². The zero-order valence-corrected chi connectivity index (χ0v) is 20.4. The maximum absolute atomic E-state index is 12.6. The molecule has 1 saturated carbocycles. The van der Waals surface area contributed by atoms with Crippen molar-refractivity contribution < 1.29 is 14.3 Å². The van der Waals surface area contributed by atoms with Crippen molar-refractivity contribution in [3.8, 4) is 11.3 Å². The summed E-state index contributed by atoms with van der Waals surface area (Å²) in [4.78, 5) is 36.8. The fourth-order valence-corrected chi connectivity index (χ4v) is 6.69. The molecule has 2 aliphatic heterocycles. The predicted molar refractivity (Wildman–Crippen MR) is 131 cm³/mol. The van der Waals surface area contributed by atoms with Gasteiger partial charge >= 0.3 is 0 Å². The van der Waals surface area contributed by atoms with E-state index >= 15 is 0 Å². The van der Waals surface area contributed by atoms with Crippen molar-refractivity contribution in [1.82, 2.24) is 20.2 Å². The number of nitrogens with one attached hydrogen (secondary N) is 1. The summed E-state index contributed by atoms with van der Waals surface area (Å²) in [5.74, 6) is -0.269. The lowest BCUT2D eigenvalue weighted by atomic mass is 9.76. The van der Waals surface area contributed by atoms with Crippen LogP contribution in [0.3, 0.4) is 0 Å². The van der Waals surface area contributed by atoms with E-state index in [0.29, 0.717) is 18.2 Å². The first-order valence-corrected chi connectivity index (χ1v) is 12.9. The van der Waals surface area contributed by atoms with Crippen LogP contribution in [0.5, 0.6) is 0 Å². The number of nitrogens with zero attached hydrogens (tertiary/aromatic N) is 3. The van der Waals surface area contributed by atoms with Crippen LogP contribution in [-0.2, 0) is 27.3 Å². The van der Waals surface area contributed by atoms with E-state index in [2.05, 4.69) is 22.2 Å². The van der Waals surface area contributed by atoms with Crippen LogP contribution in [0, 0.1) is 18.8 Å². The van der Waals surface area contributed by atoms with Crippen molar-refractivity contribution in [3.05, 3.63) is 45.6 Å². The smallest absolute Gasteiger partial charge is 0.233 e. The van der Waals surface area contributed by atoms with Crippen molar-refractivity contribution in [1.29, 1.82) is 0 Å². The Morgan fingerprint density at radius 3 is 2.68 bits per heavy atom. The number of amides is 2. The number of fused-ring (bicyclic) bond motifs is 2. The SMILES string of the molecule is Cc1cc(Cl)cc(-c2ncnc3cc(CN4C(=O)C5CCC5C4=O)sc23)c1CC1CNCCO1. The number of halogens is 1. The molecule has 34 heavy (non-hydrogen) atoms. The molecule has 0 spiro atoms. The van der Waals surface area contributed by atoms with Crippen LogP contribution in [0.2, 0.25) is 5.02 Å². The van der Waals surface area contributed by atoms with Gasteiger partial charge in [0.1, 0.15) is 6.33 Å². The highest BCUT2D eigenvalue weighted by molar-refractivity contribution is 7.19.